The van der Waals surface area contributed by atoms with E-state index in [0.29, 0.717) is 6.10 Å². The molecular formula is C16H23NO2. The van der Waals surface area contributed by atoms with Crippen LogP contribution in [0.5, 0.6) is 11.5 Å². The molecule has 0 aliphatic heterocycles. The van der Waals surface area contributed by atoms with Crippen LogP contribution in [0.2, 0.25) is 0 Å². The molecule has 0 spiro atoms. The first-order valence-electron chi connectivity index (χ1n) is 7.26. The van der Waals surface area contributed by atoms with Crippen LogP contribution in [-0.4, -0.2) is 19.3 Å². The van der Waals surface area contributed by atoms with Gasteiger partial charge in [0, 0.05) is 11.5 Å². The third-order valence-corrected chi connectivity index (χ3v) is 4.74. The largest absolute Gasteiger partial charge is 0.493 e. The molecule has 1 aromatic carbocycles. The second-order valence-electron chi connectivity index (χ2n) is 5.98. The molecule has 1 aromatic rings. The molecule has 0 bridgehead atoms. The fraction of sp³-hybridized carbons (Fsp3) is 0.625. The Balaban J connectivity index is 1.88. The van der Waals surface area contributed by atoms with E-state index in [1.807, 2.05) is 6.07 Å². The van der Waals surface area contributed by atoms with Gasteiger partial charge in [0.05, 0.1) is 13.2 Å². The highest BCUT2D eigenvalue weighted by molar-refractivity contribution is 5.47. The Hall–Kier alpha value is -1.22. The van der Waals surface area contributed by atoms with Gasteiger partial charge >= 0.3 is 0 Å². The molecule has 2 saturated carbocycles. The number of rotatable bonds is 5. The van der Waals surface area contributed by atoms with E-state index in [0.717, 1.165) is 24.3 Å². The molecule has 0 aromatic heterocycles. The molecule has 2 N–H and O–H groups in total. The molecular weight excluding hydrogens is 238 g/mol. The predicted molar refractivity (Wildman–Crippen MR) is 75.8 cm³/mol. The van der Waals surface area contributed by atoms with E-state index in [1.165, 1.54) is 24.8 Å². The van der Waals surface area contributed by atoms with Crippen molar-refractivity contribution < 1.29 is 9.47 Å². The van der Waals surface area contributed by atoms with Crippen molar-refractivity contribution >= 4 is 0 Å². The predicted octanol–water partition coefficient (Wildman–Crippen LogP) is 3.01. The van der Waals surface area contributed by atoms with E-state index in [4.69, 9.17) is 15.2 Å². The van der Waals surface area contributed by atoms with Gasteiger partial charge in [-0.2, -0.15) is 0 Å². The molecule has 2 fully saturated rings. The van der Waals surface area contributed by atoms with Crippen LogP contribution >= 0.6 is 0 Å². The number of hydrogen-bond donors (Lipinski definition) is 1. The van der Waals surface area contributed by atoms with Crippen LogP contribution < -0.4 is 15.2 Å². The lowest BCUT2D eigenvalue weighted by Gasteiger charge is -2.28. The van der Waals surface area contributed by atoms with Crippen molar-refractivity contribution in [3.8, 4) is 11.5 Å². The summed E-state index contributed by atoms with van der Waals surface area (Å²) < 4.78 is 11.5. The number of nitrogens with two attached hydrogens (primary N) is 1. The molecule has 1 unspecified atom stereocenters. The van der Waals surface area contributed by atoms with E-state index in [1.54, 1.807) is 7.11 Å². The average molecular weight is 261 g/mol. The lowest BCUT2D eigenvalue weighted by molar-refractivity contribution is 0.116. The number of hydrogen-bond acceptors (Lipinski definition) is 3. The topological polar surface area (TPSA) is 44.5 Å². The summed E-state index contributed by atoms with van der Waals surface area (Å²) in [5.41, 5.74) is 7.63. The quantitative estimate of drug-likeness (QED) is 0.886. The van der Waals surface area contributed by atoms with Crippen LogP contribution in [-0.2, 0) is 5.41 Å². The van der Waals surface area contributed by atoms with Gasteiger partial charge in [-0.25, -0.2) is 0 Å². The van der Waals surface area contributed by atoms with Crippen molar-refractivity contribution in [2.45, 2.75) is 56.6 Å². The Bertz CT molecular complexity index is 462. The first-order valence-corrected chi connectivity index (χ1v) is 7.26. The van der Waals surface area contributed by atoms with Crippen molar-refractivity contribution in [3.63, 3.8) is 0 Å². The maximum atomic E-state index is 6.15. The first kappa shape index (κ1) is 12.8. The van der Waals surface area contributed by atoms with Crippen LogP contribution in [0, 0.1) is 0 Å². The van der Waals surface area contributed by atoms with Gasteiger partial charge in [-0.15, -0.1) is 0 Å². The average Bonchev–Trinajstić information content (AvgIpc) is 3.15. The number of methoxy groups -OCH3 is 1. The fourth-order valence-corrected chi connectivity index (χ4v) is 2.89. The van der Waals surface area contributed by atoms with Crippen molar-refractivity contribution in [2.75, 3.05) is 7.11 Å². The van der Waals surface area contributed by atoms with Crippen LogP contribution in [0.25, 0.3) is 0 Å². The molecule has 3 nitrogen and oxygen atoms in total. The zero-order valence-corrected chi connectivity index (χ0v) is 11.8. The summed E-state index contributed by atoms with van der Waals surface area (Å²) in [6.45, 7) is 2.10. The Morgan fingerprint density at radius 1 is 1.26 bits per heavy atom. The molecule has 0 radical (unpaired) electrons. The highest BCUT2D eigenvalue weighted by Gasteiger charge is 2.47. The summed E-state index contributed by atoms with van der Waals surface area (Å²) >= 11 is 0. The normalized spacial score (nSPS) is 22.5. The van der Waals surface area contributed by atoms with E-state index < -0.39 is 0 Å². The monoisotopic (exact) mass is 261 g/mol. The molecule has 1 atom stereocenters. The van der Waals surface area contributed by atoms with Crippen LogP contribution in [0.3, 0.4) is 0 Å². The third kappa shape index (κ3) is 2.20. The molecule has 104 valence electrons. The molecule has 2 aliphatic rings. The Morgan fingerprint density at radius 2 is 2.00 bits per heavy atom. The maximum Gasteiger partial charge on any atom is 0.161 e. The molecule has 3 heteroatoms. The summed E-state index contributed by atoms with van der Waals surface area (Å²) in [7, 11) is 1.70. The van der Waals surface area contributed by atoms with E-state index in [9.17, 15) is 0 Å². The van der Waals surface area contributed by atoms with Gasteiger partial charge in [-0.1, -0.05) is 6.07 Å². The van der Waals surface area contributed by atoms with E-state index in [-0.39, 0.29) is 11.5 Å². The minimum Gasteiger partial charge on any atom is -0.493 e. The number of benzene rings is 1. The fourth-order valence-electron chi connectivity index (χ4n) is 2.89. The summed E-state index contributed by atoms with van der Waals surface area (Å²) in [4.78, 5) is 0. The van der Waals surface area contributed by atoms with Gasteiger partial charge in [0.1, 0.15) is 0 Å². The Morgan fingerprint density at radius 3 is 2.47 bits per heavy atom. The summed E-state index contributed by atoms with van der Waals surface area (Å²) in [6, 6.07) is 6.50. The van der Waals surface area contributed by atoms with Gasteiger partial charge in [0.25, 0.3) is 0 Å². The summed E-state index contributed by atoms with van der Waals surface area (Å²) in [6.07, 6.45) is 6.32. The number of ether oxygens (including phenoxy) is 2. The van der Waals surface area contributed by atoms with Crippen molar-refractivity contribution in [3.05, 3.63) is 23.8 Å². The third-order valence-electron chi connectivity index (χ3n) is 4.74. The Kier molecular flexibility index (Phi) is 3.17. The van der Waals surface area contributed by atoms with Gasteiger partial charge in [0.15, 0.2) is 11.5 Å². The van der Waals surface area contributed by atoms with Crippen LogP contribution in [0.4, 0.5) is 0 Å². The second kappa shape index (κ2) is 4.71. The zero-order valence-electron chi connectivity index (χ0n) is 11.8. The van der Waals surface area contributed by atoms with Gasteiger partial charge < -0.3 is 15.2 Å². The van der Waals surface area contributed by atoms with Crippen LogP contribution in [0.15, 0.2) is 18.2 Å². The standard InChI is InChI=1S/C16H23NO2/c1-11(17)16(8-9-16)12-6-7-14(18-2)15(10-12)19-13-4-3-5-13/h6-7,10-11,13H,3-5,8-9,17H2,1-2H3. The molecule has 3 rings (SSSR count). The zero-order chi connectivity index (χ0) is 13.5. The Labute approximate surface area is 115 Å². The van der Waals surface area contributed by atoms with Gasteiger partial charge in [-0.05, 0) is 56.7 Å². The lowest BCUT2D eigenvalue weighted by Crippen LogP contribution is -2.31. The lowest BCUT2D eigenvalue weighted by atomic mass is 9.89. The van der Waals surface area contributed by atoms with Crippen molar-refractivity contribution in [2.24, 2.45) is 5.73 Å². The minimum atomic E-state index is 0.171. The first-order chi connectivity index (χ1) is 9.15. The van der Waals surface area contributed by atoms with Gasteiger partial charge in [0.2, 0.25) is 0 Å². The van der Waals surface area contributed by atoms with Crippen molar-refractivity contribution in [1.82, 2.24) is 0 Å². The molecule has 0 heterocycles. The molecule has 2 aliphatic carbocycles. The summed E-state index contributed by atoms with van der Waals surface area (Å²) in [5.74, 6) is 1.72. The highest BCUT2D eigenvalue weighted by Crippen LogP contribution is 2.51. The van der Waals surface area contributed by atoms with Crippen LogP contribution in [0.1, 0.15) is 44.6 Å². The molecule has 0 amide bonds. The minimum absolute atomic E-state index is 0.171. The van der Waals surface area contributed by atoms with Gasteiger partial charge in [-0.3, -0.25) is 0 Å². The van der Waals surface area contributed by atoms with Crippen molar-refractivity contribution in [1.29, 1.82) is 0 Å². The SMILES string of the molecule is COc1ccc(C2(C(C)N)CC2)cc1OC1CCC1. The molecule has 0 saturated heterocycles. The summed E-state index contributed by atoms with van der Waals surface area (Å²) in [5, 5.41) is 0. The maximum absolute atomic E-state index is 6.15. The van der Waals surface area contributed by atoms with E-state index >= 15 is 0 Å². The smallest absolute Gasteiger partial charge is 0.161 e. The highest BCUT2D eigenvalue weighted by atomic mass is 16.5. The van der Waals surface area contributed by atoms with E-state index in [2.05, 4.69) is 19.1 Å². The molecule has 19 heavy (non-hydrogen) atoms. The second-order valence-corrected chi connectivity index (χ2v) is 5.98.